The van der Waals surface area contributed by atoms with E-state index >= 15 is 0 Å². The van der Waals surface area contributed by atoms with Gasteiger partial charge in [-0.15, -0.1) is 0 Å². The zero-order valence-corrected chi connectivity index (χ0v) is 13.7. The highest BCUT2D eigenvalue weighted by atomic mass is 35.5. The van der Waals surface area contributed by atoms with Gasteiger partial charge in [-0.1, -0.05) is 35.9 Å². The Morgan fingerprint density at radius 1 is 1.17 bits per heavy atom. The van der Waals surface area contributed by atoms with E-state index in [1.165, 1.54) is 10.9 Å². The van der Waals surface area contributed by atoms with Gasteiger partial charge in [-0.05, 0) is 36.2 Å². The lowest BCUT2D eigenvalue weighted by atomic mass is 10.1. The number of amides is 1. The summed E-state index contributed by atoms with van der Waals surface area (Å²) in [6.07, 6.45) is 1.94. The van der Waals surface area contributed by atoms with E-state index < -0.39 is 0 Å². The van der Waals surface area contributed by atoms with Crippen LogP contribution in [0.1, 0.15) is 5.56 Å². The quantitative estimate of drug-likeness (QED) is 0.775. The molecule has 0 saturated heterocycles. The van der Waals surface area contributed by atoms with E-state index in [-0.39, 0.29) is 17.9 Å². The number of nitrogens with one attached hydrogen (secondary N) is 1. The summed E-state index contributed by atoms with van der Waals surface area (Å²) in [5.74, 6) is -0.154. The third-order valence-corrected chi connectivity index (χ3v) is 3.92. The number of aromatic nitrogens is 2. The van der Waals surface area contributed by atoms with Crippen LogP contribution in [-0.4, -0.2) is 22.2 Å². The maximum absolute atomic E-state index is 12.1. The summed E-state index contributed by atoms with van der Waals surface area (Å²) >= 11 is 5.94. The molecule has 0 spiro atoms. The number of benzene rings is 2. The molecule has 3 aromatic rings. The summed E-state index contributed by atoms with van der Waals surface area (Å²) in [5, 5.41) is 8.15. The van der Waals surface area contributed by atoms with Crippen molar-refractivity contribution < 1.29 is 4.79 Å². The molecular weight excluding hydrogens is 326 g/mol. The average Bonchev–Trinajstić information content (AvgIpc) is 2.58. The summed E-state index contributed by atoms with van der Waals surface area (Å²) < 4.78 is 1.53. The Labute approximate surface area is 143 Å². The van der Waals surface area contributed by atoms with Crippen LogP contribution in [-0.2, 0) is 17.8 Å². The third kappa shape index (κ3) is 3.81. The topological polar surface area (TPSA) is 64.0 Å². The molecule has 0 aliphatic rings. The molecule has 1 heterocycles. The molecule has 0 radical (unpaired) electrons. The SMILES string of the molecule is O=C(Cn1ncc(=O)c2ccccc21)NCCc1cccc(Cl)c1. The summed E-state index contributed by atoms with van der Waals surface area (Å²) in [5.41, 5.74) is 1.56. The Balaban J connectivity index is 1.63. The second-order valence-electron chi connectivity index (χ2n) is 5.41. The number of carbonyl (C=O) groups is 1. The minimum absolute atomic E-state index is 0.0658. The fourth-order valence-corrected chi connectivity index (χ4v) is 2.73. The number of hydrogen-bond acceptors (Lipinski definition) is 3. The van der Waals surface area contributed by atoms with Gasteiger partial charge < -0.3 is 5.32 Å². The van der Waals surface area contributed by atoms with E-state index in [1.807, 2.05) is 30.3 Å². The largest absolute Gasteiger partial charge is 0.354 e. The Hall–Kier alpha value is -2.66. The number of para-hydroxylation sites is 1. The third-order valence-electron chi connectivity index (χ3n) is 3.68. The van der Waals surface area contributed by atoms with E-state index in [2.05, 4.69) is 10.4 Å². The van der Waals surface area contributed by atoms with Gasteiger partial charge in [0.25, 0.3) is 0 Å². The molecule has 122 valence electrons. The van der Waals surface area contributed by atoms with Crippen molar-refractivity contribution in [1.29, 1.82) is 0 Å². The molecule has 6 heteroatoms. The van der Waals surface area contributed by atoms with Crippen molar-refractivity contribution in [3.8, 4) is 0 Å². The molecule has 0 aliphatic carbocycles. The molecule has 3 rings (SSSR count). The molecule has 0 fully saturated rings. The minimum atomic E-state index is -0.154. The van der Waals surface area contributed by atoms with Crippen LogP contribution in [0.2, 0.25) is 5.02 Å². The van der Waals surface area contributed by atoms with Crippen LogP contribution in [0.5, 0.6) is 0 Å². The molecule has 0 unspecified atom stereocenters. The number of hydrogen-bond donors (Lipinski definition) is 1. The lowest BCUT2D eigenvalue weighted by Crippen LogP contribution is -2.30. The molecule has 5 nitrogen and oxygen atoms in total. The monoisotopic (exact) mass is 341 g/mol. The molecule has 0 aliphatic heterocycles. The van der Waals surface area contributed by atoms with Crippen LogP contribution < -0.4 is 10.7 Å². The molecular formula is C18H16ClN3O2. The number of nitrogens with zero attached hydrogens (tertiary/aromatic N) is 2. The van der Waals surface area contributed by atoms with Crippen molar-refractivity contribution in [2.45, 2.75) is 13.0 Å². The van der Waals surface area contributed by atoms with E-state index in [9.17, 15) is 9.59 Å². The molecule has 24 heavy (non-hydrogen) atoms. The molecule has 0 bridgehead atoms. The number of fused-ring (bicyclic) bond motifs is 1. The average molecular weight is 342 g/mol. The first-order valence-electron chi connectivity index (χ1n) is 7.59. The lowest BCUT2D eigenvalue weighted by molar-refractivity contribution is -0.121. The van der Waals surface area contributed by atoms with E-state index in [1.54, 1.807) is 18.2 Å². The van der Waals surface area contributed by atoms with E-state index in [4.69, 9.17) is 11.6 Å². The molecule has 0 atom stereocenters. The first-order chi connectivity index (χ1) is 11.6. The van der Waals surface area contributed by atoms with E-state index in [0.717, 1.165) is 5.56 Å². The molecule has 1 amide bonds. The first-order valence-corrected chi connectivity index (χ1v) is 7.97. The standard InChI is InChI=1S/C18H16ClN3O2/c19-14-5-3-4-13(10-14)8-9-20-18(24)12-22-16-7-2-1-6-15(16)17(23)11-21-22/h1-7,10-11H,8-9,12H2,(H,20,24). The minimum Gasteiger partial charge on any atom is -0.354 e. The summed E-state index contributed by atoms with van der Waals surface area (Å²) in [6, 6.07) is 14.7. The first kappa shape index (κ1) is 16.2. The summed E-state index contributed by atoms with van der Waals surface area (Å²) in [4.78, 5) is 23.9. The van der Waals surface area contributed by atoms with Gasteiger partial charge in [-0.25, -0.2) is 0 Å². The smallest absolute Gasteiger partial charge is 0.241 e. The normalized spacial score (nSPS) is 10.7. The van der Waals surface area contributed by atoms with Crippen LogP contribution in [0.25, 0.3) is 10.9 Å². The summed E-state index contributed by atoms with van der Waals surface area (Å²) in [6.45, 7) is 0.577. The van der Waals surface area contributed by atoms with Gasteiger partial charge in [0, 0.05) is 17.0 Å². The van der Waals surface area contributed by atoms with Crippen molar-refractivity contribution in [2.75, 3.05) is 6.54 Å². The van der Waals surface area contributed by atoms with Gasteiger partial charge in [0.1, 0.15) is 6.54 Å². The van der Waals surface area contributed by atoms with Gasteiger partial charge in [-0.2, -0.15) is 5.10 Å². The fourth-order valence-electron chi connectivity index (χ4n) is 2.52. The van der Waals surface area contributed by atoms with Crippen molar-refractivity contribution in [1.82, 2.24) is 15.1 Å². The number of carbonyl (C=O) groups excluding carboxylic acids is 1. The molecule has 0 saturated carbocycles. The molecule has 1 N–H and O–H groups in total. The second kappa shape index (κ2) is 7.27. The van der Waals surface area contributed by atoms with Gasteiger partial charge in [-0.3, -0.25) is 14.3 Å². The Kier molecular flexibility index (Phi) is 4.91. The zero-order chi connectivity index (χ0) is 16.9. The van der Waals surface area contributed by atoms with Crippen LogP contribution >= 0.6 is 11.6 Å². The van der Waals surface area contributed by atoms with Gasteiger partial charge in [0.15, 0.2) is 0 Å². The zero-order valence-electron chi connectivity index (χ0n) is 12.9. The van der Waals surface area contributed by atoms with Gasteiger partial charge in [0.2, 0.25) is 11.3 Å². The van der Waals surface area contributed by atoms with Crippen LogP contribution in [0.3, 0.4) is 0 Å². The maximum atomic E-state index is 12.1. The van der Waals surface area contributed by atoms with Crippen molar-refractivity contribution >= 4 is 28.4 Å². The van der Waals surface area contributed by atoms with Crippen molar-refractivity contribution in [3.05, 3.63) is 75.5 Å². The Morgan fingerprint density at radius 3 is 2.83 bits per heavy atom. The Morgan fingerprint density at radius 2 is 2.00 bits per heavy atom. The van der Waals surface area contributed by atoms with Crippen molar-refractivity contribution in [3.63, 3.8) is 0 Å². The maximum Gasteiger partial charge on any atom is 0.241 e. The predicted molar refractivity (Wildman–Crippen MR) is 94.2 cm³/mol. The predicted octanol–water partition coefficient (Wildman–Crippen LogP) is 2.41. The summed E-state index contributed by atoms with van der Waals surface area (Å²) in [7, 11) is 0. The van der Waals surface area contributed by atoms with Gasteiger partial charge in [0.05, 0.1) is 11.7 Å². The molecule has 1 aromatic heterocycles. The van der Waals surface area contributed by atoms with Crippen LogP contribution in [0, 0.1) is 0 Å². The highest BCUT2D eigenvalue weighted by molar-refractivity contribution is 6.30. The Bertz CT molecular complexity index is 937. The number of halogens is 1. The van der Waals surface area contributed by atoms with Crippen LogP contribution in [0.15, 0.2) is 59.5 Å². The van der Waals surface area contributed by atoms with E-state index in [0.29, 0.717) is 28.9 Å². The number of rotatable bonds is 5. The van der Waals surface area contributed by atoms with Crippen molar-refractivity contribution in [2.24, 2.45) is 0 Å². The lowest BCUT2D eigenvalue weighted by Gasteiger charge is -2.10. The fraction of sp³-hybridized carbons (Fsp3) is 0.167. The highest BCUT2D eigenvalue weighted by Gasteiger charge is 2.07. The highest BCUT2D eigenvalue weighted by Crippen LogP contribution is 2.11. The van der Waals surface area contributed by atoms with Gasteiger partial charge >= 0.3 is 0 Å². The van der Waals surface area contributed by atoms with Crippen LogP contribution in [0.4, 0.5) is 0 Å². The second-order valence-corrected chi connectivity index (χ2v) is 5.85. The molecule has 2 aromatic carbocycles.